The number of piperidine rings is 1. The van der Waals surface area contributed by atoms with E-state index in [1.165, 1.54) is 0 Å². The van der Waals surface area contributed by atoms with Crippen molar-refractivity contribution in [2.45, 2.75) is 12.8 Å². The molecule has 1 aromatic heterocycles. The number of carbonyl (C=O) groups excluding carboxylic acids is 1. The first kappa shape index (κ1) is 14.8. The number of benzene rings is 1. The Morgan fingerprint density at radius 2 is 2.23 bits per heavy atom. The molecule has 1 aliphatic rings. The Labute approximate surface area is 129 Å². The van der Waals surface area contributed by atoms with E-state index in [1.807, 2.05) is 36.2 Å². The summed E-state index contributed by atoms with van der Waals surface area (Å²) in [7, 11) is 1.93. The maximum Gasteiger partial charge on any atom is 0.261 e. The fourth-order valence-corrected chi connectivity index (χ4v) is 3.18. The Morgan fingerprint density at radius 1 is 1.41 bits per heavy atom. The lowest BCUT2D eigenvalue weighted by Crippen LogP contribution is -2.43. The van der Waals surface area contributed by atoms with E-state index in [0.29, 0.717) is 12.5 Å². The predicted octanol–water partition coefficient (Wildman–Crippen LogP) is 1.60. The third-order valence-electron chi connectivity index (χ3n) is 4.28. The van der Waals surface area contributed by atoms with Gasteiger partial charge >= 0.3 is 0 Å². The van der Waals surface area contributed by atoms with Crippen molar-refractivity contribution in [2.75, 3.05) is 26.7 Å². The molecule has 0 aliphatic carbocycles. The molecule has 2 heterocycles. The molecule has 1 aliphatic heterocycles. The number of likely N-dealkylation sites (tertiary alicyclic amines) is 1. The first-order valence-corrected chi connectivity index (χ1v) is 7.75. The molecule has 1 unspecified atom stereocenters. The molecular weight excluding hydrogens is 278 g/mol. The first-order chi connectivity index (χ1) is 10.7. The summed E-state index contributed by atoms with van der Waals surface area (Å²) in [5.41, 5.74) is 0.694. The number of hydrogen-bond donors (Lipinski definition) is 2. The Kier molecular flexibility index (Phi) is 4.24. The number of para-hydroxylation sites is 1. The number of pyridine rings is 1. The van der Waals surface area contributed by atoms with Crippen molar-refractivity contribution in [3.05, 3.63) is 46.2 Å². The van der Waals surface area contributed by atoms with Crippen molar-refractivity contribution in [1.82, 2.24) is 15.2 Å². The third kappa shape index (κ3) is 2.90. The molecule has 116 valence electrons. The van der Waals surface area contributed by atoms with Crippen molar-refractivity contribution >= 4 is 16.8 Å². The number of nitrogens with zero attached hydrogens (tertiary/aromatic N) is 1. The van der Waals surface area contributed by atoms with Crippen LogP contribution in [0, 0.1) is 5.92 Å². The van der Waals surface area contributed by atoms with Crippen LogP contribution >= 0.6 is 0 Å². The fraction of sp³-hybridized carbons (Fsp3) is 0.412. The Balaban J connectivity index is 1.88. The monoisotopic (exact) mass is 299 g/mol. The molecule has 0 radical (unpaired) electrons. The molecule has 3 rings (SSSR count). The van der Waals surface area contributed by atoms with Gasteiger partial charge in [-0.3, -0.25) is 9.59 Å². The molecule has 5 heteroatoms. The number of aromatic nitrogens is 1. The van der Waals surface area contributed by atoms with Crippen LogP contribution in [0.4, 0.5) is 0 Å². The largest absolute Gasteiger partial charge is 0.338 e. The van der Waals surface area contributed by atoms with Gasteiger partial charge in [-0.25, -0.2) is 0 Å². The van der Waals surface area contributed by atoms with Gasteiger partial charge in [0.25, 0.3) is 11.5 Å². The van der Waals surface area contributed by atoms with Crippen molar-refractivity contribution in [2.24, 2.45) is 5.92 Å². The van der Waals surface area contributed by atoms with E-state index in [2.05, 4.69) is 10.3 Å². The molecule has 22 heavy (non-hydrogen) atoms. The van der Waals surface area contributed by atoms with E-state index in [4.69, 9.17) is 0 Å². The fourth-order valence-electron chi connectivity index (χ4n) is 3.18. The van der Waals surface area contributed by atoms with E-state index < -0.39 is 0 Å². The van der Waals surface area contributed by atoms with Crippen LogP contribution in [-0.2, 0) is 0 Å². The van der Waals surface area contributed by atoms with Crippen LogP contribution in [-0.4, -0.2) is 42.5 Å². The van der Waals surface area contributed by atoms with Gasteiger partial charge in [0, 0.05) is 18.6 Å². The van der Waals surface area contributed by atoms with Crippen LogP contribution in [0.15, 0.2) is 35.1 Å². The minimum absolute atomic E-state index is 0.159. The van der Waals surface area contributed by atoms with E-state index in [0.717, 1.165) is 36.8 Å². The summed E-state index contributed by atoms with van der Waals surface area (Å²) < 4.78 is 0. The maximum absolute atomic E-state index is 12.7. The zero-order valence-electron chi connectivity index (χ0n) is 12.8. The molecule has 1 atom stereocenters. The second kappa shape index (κ2) is 6.32. The lowest BCUT2D eigenvalue weighted by atomic mass is 9.97. The van der Waals surface area contributed by atoms with Crippen molar-refractivity contribution in [3.8, 4) is 0 Å². The Bertz CT molecular complexity index is 736. The molecule has 1 fully saturated rings. The van der Waals surface area contributed by atoms with Crippen LogP contribution < -0.4 is 10.9 Å². The summed E-state index contributed by atoms with van der Waals surface area (Å²) in [6, 6.07) is 9.22. The van der Waals surface area contributed by atoms with Gasteiger partial charge in [0.05, 0.1) is 0 Å². The second-order valence-electron chi connectivity index (χ2n) is 5.92. The number of hydrogen-bond acceptors (Lipinski definition) is 3. The SMILES string of the molecule is CNCC1CCCN(C(=O)c2cc3ccccc3[nH]c2=O)C1. The van der Waals surface area contributed by atoms with Crippen molar-refractivity contribution in [3.63, 3.8) is 0 Å². The molecule has 1 aromatic carbocycles. The Morgan fingerprint density at radius 3 is 3.05 bits per heavy atom. The number of aromatic amines is 1. The van der Waals surface area contributed by atoms with Crippen LogP contribution in [0.25, 0.3) is 10.9 Å². The highest BCUT2D eigenvalue weighted by Gasteiger charge is 2.25. The highest BCUT2D eigenvalue weighted by atomic mass is 16.2. The average Bonchev–Trinajstić information content (AvgIpc) is 2.54. The van der Waals surface area contributed by atoms with Gasteiger partial charge < -0.3 is 15.2 Å². The number of carbonyl (C=O) groups is 1. The second-order valence-corrected chi connectivity index (χ2v) is 5.92. The van der Waals surface area contributed by atoms with Gasteiger partial charge in [0.15, 0.2) is 0 Å². The average molecular weight is 299 g/mol. The molecule has 0 bridgehead atoms. The predicted molar refractivity (Wildman–Crippen MR) is 87.1 cm³/mol. The van der Waals surface area contributed by atoms with Gasteiger partial charge in [0.2, 0.25) is 0 Å². The van der Waals surface area contributed by atoms with Crippen LogP contribution in [0.1, 0.15) is 23.2 Å². The van der Waals surface area contributed by atoms with Crippen LogP contribution in [0.3, 0.4) is 0 Å². The molecular formula is C17H21N3O2. The van der Waals surface area contributed by atoms with Gasteiger partial charge in [-0.15, -0.1) is 0 Å². The summed E-state index contributed by atoms with van der Waals surface area (Å²) in [5, 5.41) is 4.05. The van der Waals surface area contributed by atoms with Gasteiger partial charge in [0.1, 0.15) is 5.56 Å². The molecule has 1 amide bonds. The first-order valence-electron chi connectivity index (χ1n) is 7.75. The normalized spacial score (nSPS) is 18.6. The minimum Gasteiger partial charge on any atom is -0.338 e. The van der Waals surface area contributed by atoms with Gasteiger partial charge in [-0.1, -0.05) is 18.2 Å². The minimum atomic E-state index is -0.306. The summed E-state index contributed by atoms with van der Waals surface area (Å²) in [6.07, 6.45) is 2.11. The molecule has 1 saturated heterocycles. The highest BCUT2D eigenvalue weighted by Crippen LogP contribution is 2.18. The lowest BCUT2D eigenvalue weighted by Gasteiger charge is -2.32. The zero-order valence-corrected chi connectivity index (χ0v) is 12.8. The van der Waals surface area contributed by atoms with Crippen molar-refractivity contribution < 1.29 is 4.79 Å². The van der Waals surface area contributed by atoms with E-state index in [1.54, 1.807) is 6.07 Å². The Hall–Kier alpha value is -2.14. The summed E-state index contributed by atoms with van der Waals surface area (Å²) in [4.78, 5) is 29.5. The lowest BCUT2D eigenvalue weighted by molar-refractivity contribution is 0.0672. The number of amides is 1. The van der Waals surface area contributed by atoms with E-state index in [-0.39, 0.29) is 17.0 Å². The quantitative estimate of drug-likeness (QED) is 0.905. The number of fused-ring (bicyclic) bond motifs is 1. The van der Waals surface area contributed by atoms with Crippen LogP contribution in [0.2, 0.25) is 0 Å². The topological polar surface area (TPSA) is 65.2 Å². The zero-order chi connectivity index (χ0) is 15.5. The summed E-state index contributed by atoms with van der Waals surface area (Å²) in [5.74, 6) is 0.301. The molecule has 0 saturated carbocycles. The molecule has 2 N–H and O–H groups in total. The number of nitrogens with one attached hydrogen (secondary N) is 2. The maximum atomic E-state index is 12.7. The van der Waals surface area contributed by atoms with Crippen LogP contribution in [0.5, 0.6) is 0 Å². The van der Waals surface area contributed by atoms with Crippen molar-refractivity contribution in [1.29, 1.82) is 0 Å². The number of H-pyrrole nitrogens is 1. The van der Waals surface area contributed by atoms with E-state index >= 15 is 0 Å². The highest BCUT2D eigenvalue weighted by molar-refractivity contribution is 5.97. The third-order valence-corrected chi connectivity index (χ3v) is 4.28. The standard InChI is InChI=1S/C17H21N3O2/c1-18-10-12-5-4-8-20(11-12)17(22)14-9-13-6-2-3-7-15(13)19-16(14)21/h2-3,6-7,9,12,18H,4-5,8,10-11H2,1H3,(H,19,21). The molecule has 5 nitrogen and oxygen atoms in total. The van der Waals surface area contributed by atoms with Gasteiger partial charge in [-0.2, -0.15) is 0 Å². The molecule has 2 aromatic rings. The smallest absolute Gasteiger partial charge is 0.261 e. The summed E-state index contributed by atoms with van der Waals surface area (Å²) in [6.45, 7) is 2.34. The van der Waals surface area contributed by atoms with Gasteiger partial charge in [-0.05, 0) is 49.9 Å². The van der Waals surface area contributed by atoms with E-state index in [9.17, 15) is 9.59 Å². The molecule has 0 spiro atoms. The summed E-state index contributed by atoms with van der Waals surface area (Å²) >= 11 is 0. The number of rotatable bonds is 3.